The fraction of sp³-hybridized carbons (Fsp3) is 0.0625. The molecule has 1 aliphatic rings. The number of rotatable bonds is 3. The van der Waals surface area contributed by atoms with Crippen LogP contribution in [0.4, 0.5) is 11.4 Å². The van der Waals surface area contributed by atoms with Gasteiger partial charge in [0.25, 0.3) is 17.2 Å². The molecule has 1 unspecified atom stereocenters. The number of hydrogen-bond donors (Lipinski definition) is 2. The zero-order valence-electron chi connectivity index (χ0n) is 12.1. The van der Waals surface area contributed by atoms with E-state index in [0.717, 1.165) is 11.1 Å². The second-order valence-electron chi connectivity index (χ2n) is 5.02. The number of carbonyl (C=O) groups excluding carboxylic acids is 1. The molecule has 1 aliphatic heterocycles. The highest BCUT2D eigenvalue weighted by Gasteiger charge is 2.24. The van der Waals surface area contributed by atoms with Gasteiger partial charge >= 0.3 is 0 Å². The van der Waals surface area contributed by atoms with Crippen molar-refractivity contribution < 1.29 is 13.6 Å². The normalized spacial score (nSPS) is 16.1. The third kappa shape index (κ3) is 3.14. The van der Waals surface area contributed by atoms with Gasteiger partial charge in [-0.3, -0.25) is 13.7 Å². The van der Waals surface area contributed by atoms with Crippen molar-refractivity contribution in [3.63, 3.8) is 0 Å². The Labute approximate surface area is 141 Å². The van der Waals surface area contributed by atoms with Crippen molar-refractivity contribution in [3.05, 3.63) is 58.6 Å². The van der Waals surface area contributed by atoms with Gasteiger partial charge in [0.2, 0.25) is 0 Å². The summed E-state index contributed by atoms with van der Waals surface area (Å²) in [5, 5.41) is 3.34. The molecule has 23 heavy (non-hydrogen) atoms. The first-order chi connectivity index (χ1) is 11.0. The lowest BCUT2D eigenvalue weighted by Crippen LogP contribution is -2.18. The Morgan fingerprint density at radius 3 is 2.57 bits per heavy atom. The summed E-state index contributed by atoms with van der Waals surface area (Å²) in [6.07, 6.45) is 1.77. The predicted molar refractivity (Wildman–Crippen MR) is 93.6 cm³/mol. The van der Waals surface area contributed by atoms with E-state index in [4.69, 9.17) is 16.2 Å². The van der Waals surface area contributed by atoms with Crippen LogP contribution in [0.2, 0.25) is 5.02 Å². The monoisotopic (exact) mass is 348 g/mol. The number of fused-ring (bicyclic) bond motifs is 1. The maximum absolute atomic E-state index is 12.1. The van der Waals surface area contributed by atoms with E-state index in [2.05, 4.69) is 5.32 Å². The van der Waals surface area contributed by atoms with E-state index < -0.39 is 11.3 Å². The first-order valence-corrected chi connectivity index (χ1v) is 8.17. The number of nitrogens with zero attached hydrogens (tertiary/aromatic N) is 1. The molecule has 1 heterocycles. The van der Waals surface area contributed by atoms with E-state index in [1.54, 1.807) is 48.5 Å². The third-order valence-electron chi connectivity index (χ3n) is 3.57. The minimum Gasteiger partial charge on any atom is -0.321 e. The number of amides is 1. The molecule has 7 heteroatoms. The lowest BCUT2D eigenvalue weighted by Gasteiger charge is -2.13. The van der Waals surface area contributed by atoms with Crippen LogP contribution in [-0.4, -0.2) is 21.7 Å². The Morgan fingerprint density at radius 1 is 1.22 bits per heavy atom. The lowest BCUT2D eigenvalue weighted by atomic mass is 10.0. The molecule has 0 spiro atoms. The lowest BCUT2D eigenvalue weighted by molar-refractivity contribution is -0.110. The summed E-state index contributed by atoms with van der Waals surface area (Å²) in [5.41, 5.74) is 3.48. The second kappa shape index (κ2) is 6.16. The standard InChI is InChI=1S/C16H13ClN2O3S/c1-19(23(21)22)12-5-2-10(3-6-12)8-14-13-7-4-11(17)9-15(13)18-16(14)20/h2-9H,1H3,(H,18,20)(H,21,22). The maximum atomic E-state index is 12.1. The zero-order chi connectivity index (χ0) is 16.6. The molecule has 0 fully saturated rings. The molecule has 0 aromatic heterocycles. The van der Waals surface area contributed by atoms with E-state index in [0.29, 0.717) is 22.0 Å². The van der Waals surface area contributed by atoms with Crippen molar-refractivity contribution in [2.45, 2.75) is 0 Å². The molecule has 5 nitrogen and oxygen atoms in total. The molecule has 118 valence electrons. The van der Waals surface area contributed by atoms with Crippen LogP contribution in [0.5, 0.6) is 0 Å². The van der Waals surface area contributed by atoms with Crippen LogP contribution < -0.4 is 9.62 Å². The topological polar surface area (TPSA) is 69.6 Å². The van der Waals surface area contributed by atoms with Crippen molar-refractivity contribution in [3.8, 4) is 0 Å². The van der Waals surface area contributed by atoms with Gasteiger partial charge in [-0.1, -0.05) is 29.8 Å². The summed E-state index contributed by atoms with van der Waals surface area (Å²) in [4.78, 5) is 12.1. The Kier molecular flexibility index (Phi) is 4.21. The zero-order valence-corrected chi connectivity index (χ0v) is 13.7. The maximum Gasteiger partial charge on any atom is 0.261 e. The minimum atomic E-state index is -2.07. The Balaban J connectivity index is 1.94. The van der Waals surface area contributed by atoms with Gasteiger partial charge in [0.1, 0.15) is 0 Å². The van der Waals surface area contributed by atoms with Crippen molar-refractivity contribution in [2.24, 2.45) is 0 Å². The molecule has 0 saturated carbocycles. The van der Waals surface area contributed by atoms with Gasteiger partial charge in [-0.2, -0.15) is 0 Å². The number of hydrogen-bond acceptors (Lipinski definition) is 2. The van der Waals surface area contributed by atoms with Crippen LogP contribution in [0.3, 0.4) is 0 Å². The summed E-state index contributed by atoms with van der Waals surface area (Å²) in [6.45, 7) is 0. The molecular weight excluding hydrogens is 336 g/mol. The average Bonchev–Trinajstić information content (AvgIpc) is 2.82. The summed E-state index contributed by atoms with van der Waals surface area (Å²) >= 11 is 3.86. The van der Waals surface area contributed by atoms with Crippen molar-refractivity contribution >= 4 is 51.8 Å². The summed E-state index contributed by atoms with van der Waals surface area (Å²) in [5.74, 6) is -0.181. The van der Waals surface area contributed by atoms with E-state index in [1.165, 1.54) is 11.4 Å². The largest absolute Gasteiger partial charge is 0.321 e. The molecule has 0 saturated heterocycles. The van der Waals surface area contributed by atoms with E-state index in [1.807, 2.05) is 0 Å². The summed E-state index contributed by atoms with van der Waals surface area (Å²) in [6, 6.07) is 12.3. The molecule has 0 bridgehead atoms. The molecule has 0 aliphatic carbocycles. The highest BCUT2D eigenvalue weighted by Crippen LogP contribution is 2.35. The van der Waals surface area contributed by atoms with E-state index >= 15 is 0 Å². The Morgan fingerprint density at radius 2 is 1.91 bits per heavy atom. The highest BCUT2D eigenvalue weighted by molar-refractivity contribution is 7.80. The number of carbonyl (C=O) groups is 1. The number of benzene rings is 2. The van der Waals surface area contributed by atoms with Crippen LogP contribution in [0.25, 0.3) is 11.6 Å². The number of anilines is 2. The molecule has 3 rings (SSSR count). The molecule has 1 atom stereocenters. The van der Waals surface area contributed by atoms with Gasteiger partial charge in [0.15, 0.2) is 0 Å². The van der Waals surface area contributed by atoms with Gasteiger partial charge in [0.05, 0.1) is 11.4 Å². The van der Waals surface area contributed by atoms with Crippen molar-refractivity contribution in [1.82, 2.24) is 0 Å². The summed E-state index contributed by atoms with van der Waals surface area (Å²) in [7, 11) is 1.52. The Bertz CT molecular complexity index is 834. The van der Waals surface area contributed by atoms with Gasteiger partial charge in [-0.15, -0.1) is 0 Å². The smallest absolute Gasteiger partial charge is 0.261 e. The van der Waals surface area contributed by atoms with Crippen LogP contribution in [0, 0.1) is 0 Å². The second-order valence-corrected chi connectivity index (χ2v) is 6.47. The molecule has 2 aromatic carbocycles. The fourth-order valence-electron chi connectivity index (χ4n) is 2.35. The fourth-order valence-corrected chi connectivity index (χ4v) is 2.82. The van der Waals surface area contributed by atoms with Gasteiger partial charge in [0, 0.05) is 23.2 Å². The number of nitrogens with one attached hydrogen (secondary N) is 1. The predicted octanol–water partition coefficient (Wildman–Crippen LogP) is 3.41. The van der Waals surface area contributed by atoms with Crippen LogP contribution in [0.1, 0.15) is 11.1 Å². The molecule has 1 amide bonds. The molecule has 2 aromatic rings. The molecular formula is C16H13ClN2O3S. The highest BCUT2D eigenvalue weighted by atomic mass is 35.5. The van der Waals surface area contributed by atoms with Crippen LogP contribution in [-0.2, 0) is 16.1 Å². The van der Waals surface area contributed by atoms with Gasteiger partial charge in [-0.05, 0) is 35.9 Å². The van der Waals surface area contributed by atoms with Crippen LogP contribution in [0.15, 0.2) is 42.5 Å². The Hall–Kier alpha value is -2.15. The molecule has 0 radical (unpaired) electrons. The average molecular weight is 349 g/mol. The first kappa shape index (κ1) is 15.7. The minimum absolute atomic E-state index is 0.181. The van der Waals surface area contributed by atoms with Gasteiger partial charge in [-0.25, -0.2) is 4.21 Å². The quantitative estimate of drug-likeness (QED) is 0.659. The first-order valence-electron chi connectivity index (χ1n) is 6.73. The third-order valence-corrected chi connectivity index (χ3v) is 4.48. The summed E-state index contributed by atoms with van der Waals surface area (Å²) < 4.78 is 21.3. The van der Waals surface area contributed by atoms with Crippen molar-refractivity contribution in [1.29, 1.82) is 0 Å². The van der Waals surface area contributed by atoms with E-state index in [-0.39, 0.29) is 5.91 Å². The molecule has 2 N–H and O–H groups in total. The van der Waals surface area contributed by atoms with Crippen LogP contribution >= 0.6 is 11.6 Å². The van der Waals surface area contributed by atoms with Gasteiger partial charge < -0.3 is 5.32 Å². The van der Waals surface area contributed by atoms with E-state index in [9.17, 15) is 9.00 Å². The van der Waals surface area contributed by atoms with Crippen molar-refractivity contribution in [2.75, 3.05) is 16.7 Å². The SMILES string of the molecule is CN(c1ccc(C=C2C(=O)Nc3cc(Cl)ccc32)cc1)S(=O)O. The number of halogens is 1.